The molecule has 0 saturated heterocycles. The van der Waals surface area contributed by atoms with Crippen molar-refractivity contribution in [2.75, 3.05) is 0 Å². The second-order valence-corrected chi connectivity index (χ2v) is 2.48. The minimum Gasteiger partial charge on any atom is -0.491 e. The van der Waals surface area contributed by atoms with Crippen LogP contribution in [0.3, 0.4) is 0 Å². The molecule has 0 N–H and O–H groups in total. The van der Waals surface area contributed by atoms with Crippen molar-refractivity contribution >= 4 is 0 Å². The van der Waals surface area contributed by atoms with Crippen LogP contribution >= 0.6 is 0 Å². The number of para-hydroxylation sites is 1. The molecule has 0 saturated carbocycles. The fourth-order valence-corrected chi connectivity index (χ4v) is 0.771. The molecule has 0 aliphatic heterocycles. The van der Waals surface area contributed by atoms with E-state index < -0.39 is 0 Å². The molecular weight excluding hydrogens is 172 g/mol. The zero-order valence-corrected chi connectivity index (χ0v) is 8.43. The molecule has 0 heterocycles. The Balaban J connectivity index is 0.000001000. The molecule has 0 atom stereocenters. The summed E-state index contributed by atoms with van der Waals surface area (Å²) in [5, 5.41) is 0. The van der Waals surface area contributed by atoms with Crippen LogP contribution < -0.4 is 4.74 Å². The fraction of sp³-hybridized carbons (Fsp3) is 0.333. The normalized spacial score (nSPS) is 9.00. The van der Waals surface area contributed by atoms with Gasteiger partial charge in [0.15, 0.2) is 0 Å². The van der Waals surface area contributed by atoms with E-state index in [0.717, 1.165) is 5.75 Å². The van der Waals surface area contributed by atoms with E-state index in [2.05, 4.69) is 0 Å². The molecule has 58 valence electrons. The third-order valence-electron chi connectivity index (χ3n) is 1.11. The van der Waals surface area contributed by atoms with Gasteiger partial charge in [-0.25, -0.2) is 0 Å². The Morgan fingerprint density at radius 2 is 1.64 bits per heavy atom. The maximum atomic E-state index is 5.41. The second-order valence-electron chi connectivity index (χ2n) is 2.48. The van der Waals surface area contributed by atoms with Crippen LogP contribution in [0.5, 0.6) is 5.75 Å². The molecule has 1 aromatic carbocycles. The van der Waals surface area contributed by atoms with E-state index in [0.29, 0.717) is 0 Å². The van der Waals surface area contributed by atoms with Gasteiger partial charge in [0.2, 0.25) is 0 Å². The number of hydrogen-bond acceptors (Lipinski definition) is 1. The van der Waals surface area contributed by atoms with Gasteiger partial charge in [0.05, 0.1) is 6.10 Å². The largest absolute Gasteiger partial charge is 0.491 e. The molecule has 0 aliphatic rings. The molecular formula is C9H12OTi. The molecule has 2 heteroatoms. The first-order chi connectivity index (χ1) is 4.79. The van der Waals surface area contributed by atoms with Crippen molar-refractivity contribution in [1.29, 1.82) is 0 Å². The minimum atomic E-state index is 0. The molecule has 1 rings (SSSR count). The van der Waals surface area contributed by atoms with E-state index in [1.807, 2.05) is 44.2 Å². The van der Waals surface area contributed by atoms with Crippen molar-refractivity contribution in [3.63, 3.8) is 0 Å². The second kappa shape index (κ2) is 5.39. The zero-order chi connectivity index (χ0) is 7.40. The molecule has 0 spiro atoms. The van der Waals surface area contributed by atoms with Gasteiger partial charge in [-0.3, -0.25) is 0 Å². The van der Waals surface area contributed by atoms with Gasteiger partial charge in [0.25, 0.3) is 0 Å². The third kappa shape index (κ3) is 4.23. The number of benzene rings is 1. The van der Waals surface area contributed by atoms with E-state index in [4.69, 9.17) is 4.74 Å². The van der Waals surface area contributed by atoms with Gasteiger partial charge in [-0.1, -0.05) is 18.2 Å². The van der Waals surface area contributed by atoms with Crippen LogP contribution in [-0.2, 0) is 21.7 Å². The quantitative estimate of drug-likeness (QED) is 0.641. The van der Waals surface area contributed by atoms with Crippen molar-refractivity contribution in [1.82, 2.24) is 0 Å². The first kappa shape index (κ1) is 10.7. The molecule has 0 aliphatic carbocycles. The van der Waals surface area contributed by atoms with E-state index in [-0.39, 0.29) is 27.8 Å². The Morgan fingerprint density at radius 3 is 2.09 bits per heavy atom. The van der Waals surface area contributed by atoms with Gasteiger partial charge in [0.1, 0.15) is 5.75 Å². The molecule has 11 heavy (non-hydrogen) atoms. The van der Waals surface area contributed by atoms with E-state index in [1.165, 1.54) is 0 Å². The van der Waals surface area contributed by atoms with Gasteiger partial charge in [-0.15, -0.1) is 0 Å². The first-order valence-corrected chi connectivity index (χ1v) is 3.51. The van der Waals surface area contributed by atoms with Crippen LogP contribution in [0.15, 0.2) is 30.3 Å². The summed E-state index contributed by atoms with van der Waals surface area (Å²) in [6, 6.07) is 9.84. The smallest absolute Gasteiger partial charge is 0.119 e. The van der Waals surface area contributed by atoms with Crippen molar-refractivity contribution in [2.24, 2.45) is 0 Å². The minimum absolute atomic E-state index is 0. The molecule has 0 unspecified atom stereocenters. The van der Waals surface area contributed by atoms with Crippen LogP contribution in [0.2, 0.25) is 0 Å². The molecule has 0 fully saturated rings. The fourth-order valence-electron chi connectivity index (χ4n) is 0.771. The summed E-state index contributed by atoms with van der Waals surface area (Å²) in [5.74, 6) is 0.942. The van der Waals surface area contributed by atoms with Crippen LogP contribution in [0.4, 0.5) is 0 Å². The van der Waals surface area contributed by atoms with E-state index >= 15 is 0 Å². The van der Waals surface area contributed by atoms with Crippen LogP contribution in [0.25, 0.3) is 0 Å². The van der Waals surface area contributed by atoms with E-state index in [9.17, 15) is 0 Å². The van der Waals surface area contributed by atoms with Gasteiger partial charge in [-0.05, 0) is 26.0 Å². The SMILES string of the molecule is CC(C)Oc1ccccc1.[Ti]. The topological polar surface area (TPSA) is 9.23 Å². The summed E-state index contributed by atoms with van der Waals surface area (Å²) in [7, 11) is 0. The Morgan fingerprint density at radius 1 is 1.09 bits per heavy atom. The summed E-state index contributed by atoms with van der Waals surface area (Å²) in [5.41, 5.74) is 0. The van der Waals surface area contributed by atoms with Gasteiger partial charge in [0, 0.05) is 21.7 Å². The summed E-state index contributed by atoms with van der Waals surface area (Å²) in [4.78, 5) is 0. The molecule has 1 nitrogen and oxygen atoms in total. The molecule has 0 bridgehead atoms. The Hall–Kier alpha value is -0.266. The van der Waals surface area contributed by atoms with Gasteiger partial charge < -0.3 is 4.74 Å². The summed E-state index contributed by atoms with van der Waals surface area (Å²) in [6.07, 6.45) is 0.266. The van der Waals surface area contributed by atoms with Crippen molar-refractivity contribution in [2.45, 2.75) is 20.0 Å². The monoisotopic (exact) mass is 184 g/mol. The average molecular weight is 184 g/mol. The standard InChI is InChI=1S/C9H12O.Ti/c1-8(2)10-9-6-4-3-5-7-9;/h3-8H,1-2H3;. The summed E-state index contributed by atoms with van der Waals surface area (Å²) < 4.78 is 5.41. The van der Waals surface area contributed by atoms with Gasteiger partial charge in [-0.2, -0.15) is 0 Å². The van der Waals surface area contributed by atoms with Crippen molar-refractivity contribution < 1.29 is 26.5 Å². The molecule has 0 aromatic heterocycles. The summed E-state index contributed by atoms with van der Waals surface area (Å²) >= 11 is 0. The number of ether oxygens (including phenoxy) is 1. The Bertz CT molecular complexity index is 184. The van der Waals surface area contributed by atoms with Crippen molar-refractivity contribution in [3.8, 4) is 5.75 Å². The number of rotatable bonds is 2. The Labute approximate surface area is 82.6 Å². The molecule has 0 radical (unpaired) electrons. The van der Waals surface area contributed by atoms with Crippen LogP contribution in [-0.4, -0.2) is 6.10 Å². The Kier molecular flexibility index (Phi) is 5.26. The summed E-state index contributed by atoms with van der Waals surface area (Å²) in [6.45, 7) is 4.04. The predicted molar refractivity (Wildman–Crippen MR) is 42.2 cm³/mol. The predicted octanol–water partition coefficient (Wildman–Crippen LogP) is 2.47. The maximum absolute atomic E-state index is 5.41. The van der Waals surface area contributed by atoms with Crippen LogP contribution in [0, 0.1) is 0 Å². The van der Waals surface area contributed by atoms with Gasteiger partial charge >= 0.3 is 0 Å². The molecule has 0 amide bonds. The maximum Gasteiger partial charge on any atom is 0.119 e. The van der Waals surface area contributed by atoms with E-state index in [1.54, 1.807) is 0 Å². The molecule has 1 aromatic rings. The van der Waals surface area contributed by atoms with Crippen LogP contribution in [0.1, 0.15) is 13.8 Å². The first-order valence-electron chi connectivity index (χ1n) is 3.51. The zero-order valence-electron chi connectivity index (χ0n) is 6.87. The number of hydrogen-bond donors (Lipinski definition) is 0. The third-order valence-corrected chi connectivity index (χ3v) is 1.11. The average Bonchev–Trinajstić information content (AvgIpc) is 1.88. The van der Waals surface area contributed by atoms with Crippen molar-refractivity contribution in [3.05, 3.63) is 30.3 Å².